The molecule has 1 amide bonds. The lowest BCUT2D eigenvalue weighted by atomic mass is 9.88. The van der Waals surface area contributed by atoms with Crippen LogP contribution in [0.5, 0.6) is 0 Å². The summed E-state index contributed by atoms with van der Waals surface area (Å²) in [5.41, 5.74) is 2.38. The van der Waals surface area contributed by atoms with Crippen molar-refractivity contribution in [2.75, 3.05) is 13.7 Å². The maximum absolute atomic E-state index is 13.2. The third kappa shape index (κ3) is 3.02. The molecule has 5 nitrogen and oxygen atoms in total. The second kappa shape index (κ2) is 7.47. The first-order valence-electron chi connectivity index (χ1n) is 8.35. The van der Waals surface area contributed by atoms with Crippen LogP contribution in [0.2, 0.25) is 0 Å². The van der Waals surface area contributed by atoms with Crippen molar-refractivity contribution in [3.05, 3.63) is 71.3 Å². The highest BCUT2D eigenvalue weighted by Gasteiger charge is 2.43. The number of carbonyl (C=O) groups is 1. The number of methoxy groups -OCH3 is 1. The van der Waals surface area contributed by atoms with Gasteiger partial charge in [-0.3, -0.25) is 9.69 Å². The van der Waals surface area contributed by atoms with E-state index in [1.807, 2.05) is 49.4 Å². The van der Waals surface area contributed by atoms with E-state index in [-0.39, 0.29) is 11.9 Å². The van der Waals surface area contributed by atoms with Gasteiger partial charge in [0.05, 0.1) is 12.1 Å². The maximum atomic E-state index is 13.2. The normalized spacial score (nSPS) is 22.1. The summed E-state index contributed by atoms with van der Waals surface area (Å²) in [5.74, 6) is -0.212. The average Bonchev–Trinajstić information content (AvgIpc) is 2.67. The van der Waals surface area contributed by atoms with Crippen LogP contribution in [0.25, 0.3) is 0 Å². The molecular weight excluding hydrogens is 314 g/mol. The van der Waals surface area contributed by atoms with Crippen molar-refractivity contribution in [1.82, 2.24) is 10.2 Å². The van der Waals surface area contributed by atoms with Gasteiger partial charge in [0.15, 0.2) is 6.23 Å². The highest BCUT2D eigenvalue weighted by atomic mass is 16.5. The molecule has 0 aromatic heterocycles. The Morgan fingerprint density at radius 1 is 1.16 bits per heavy atom. The number of ether oxygens (including phenoxy) is 1. The van der Waals surface area contributed by atoms with Crippen molar-refractivity contribution in [3.63, 3.8) is 0 Å². The largest absolute Gasteiger partial charge is 0.359 e. The minimum absolute atomic E-state index is 0.191. The van der Waals surface area contributed by atoms with Gasteiger partial charge in [0.2, 0.25) is 0 Å². The van der Waals surface area contributed by atoms with E-state index in [0.717, 1.165) is 17.7 Å². The Morgan fingerprint density at radius 2 is 1.80 bits per heavy atom. The molecule has 2 aromatic rings. The van der Waals surface area contributed by atoms with Gasteiger partial charge in [-0.2, -0.15) is 5.26 Å². The smallest absolute Gasteiger partial charge is 0.257 e. The van der Waals surface area contributed by atoms with Gasteiger partial charge >= 0.3 is 0 Å². The Bertz CT molecular complexity index is 785. The van der Waals surface area contributed by atoms with Crippen molar-refractivity contribution in [2.45, 2.75) is 25.2 Å². The third-order valence-corrected chi connectivity index (χ3v) is 4.51. The van der Waals surface area contributed by atoms with Crippen LogP contribution in [0.4, 0.5) is 0 Å². The van der Waals surface area contributed by atoms with Gasteiger partial charge in [-0.15, -0.1) is 0 Å². The maximum Gasteiger partial charge on any atom is 0.257 e. The number of amides is 1. The van der Waals surface area contributed by atoms with Crippen molar-refractivity contribution in [3.8, 4) is 6.07 Å². The van der Waals surface area contributed by atoms with Gasteiger partial charge < -0.3 is 10.1 Å². The molecule has 0 fully saturated rings. The van der Waals surface area contributed by atoms with E-state index in [0.29, 0.717) is 5.56 Å². The molecule has 3 rings (SSSR count). The van der Waals surface area contributed by atoms with E-state index in [2.05, 4.69) is 11.4 Å². The zero-order valence-corrected chi connectivity index (χ0v) is 14.3. The number of rotatable bonds is 4. The van der Waals surface area contributed by atoms with Crippen LogP contribution in [-0.4, -0.2) is 30.7 Å². The Balaban J connectivity index is 2.12. The van der Waals surface area contributed by atoms with Crippen molar-refractivity contribution >= 4 is 5.91 Å². The van der Waals surface area contributed by atoms with Crippen LogP contribution in [0.1, 0.15) is 40.5 Å². The number of fused-ring (bicyclic) bond motifs is 1. The molecule has 5 heteroatoms. The number of benzene rings is 2. The summed E-state index contributed by atoms with van der Waals surface area (Å²) in [6, 6.07) is 18.1. The summed E-state index contributed by atoms with van der Waals surface area (Å²) in [4.78, 5) is 14.7. The van der Waals surface area contributed by atoms with E-state index in [9.17, 15) is 10.1 Å². The molecule has 128 valence electrons. The third-order valence-electron chi connectivity index (χ3n) is 4.51. The zero-order valence-electron chi connectivity index (χ0n) is 14.3. The summed E-state index contributed by atoms with van der Waals surface area (Å²) < 4.78 is 5.69. The molecule has 0 spiro atoms. The first-order chi connectivity index (χ1) is 12.2. The molecule has 0 unspecified atom stereocenters. The lowest BCUT2D eigenvalue weighted by Gasteiger charge is -2.44. The van der Waals surface area contributed by atoms with Gasteiger partial charge in [0.1, 0.15) is 6.04 Å². The Labute approximate surface area is 147 Å². The molecule has 0 saturated carbocycles. The van der Waals surface area contributed by atoms with Gasteiger partial charge in [-0.25, -0.2) is 0 Å². The van der Waals surface area contributed by atoms with Gasteiger partial charge in [-0.1, -0.05) is 49.4 Å². The Morgan fingerprint density at radius 3 is 2.40 bits per heavy atom. The highest BCUT2D eigenvalue weighted by Crippen LogP contribution is 2.39. The Kier molecular flexibility index (Phi) is 5.13. The number of hydrogen-bond donors (Lipinski definition) is 1. The zero-order chi connectivity index (χ0) is 17.8. The van der Waals surface area contributed by atoms with Crippen LogP contribution >= 0.6 is 0 Å². The number of nitrogens with one attached hydrogen (secondary N) is 1. The fourth-order valence-corrected chi connectivity index (χ4v) is 3.43. The van der Waals surface area contributed by atoms with Crippen molar-refractivity contribution < 1.29 is 9.53 Å². The average molecular weight is 335 g/mol. The first-order valence-corrected chi connectivity index (χ1v) is 8.35. The molecular formula is C20H21N3O2. The second-order valence-corrected chi connectivity index (χ2v) is 5.90. The quantitative estimate of drug-likeness (QED) is 0.933. The lowest BCUT2D eigenvalue weighted by Crippen LogP contribution is -2.53. The summed E-state index contributed by atoms with van der Waals surface area (Å²) in [6.07, 6.45) is -0.563. The number of likely N-dealkylation sites (N-methyl/N-ethyl adjacent to an activating group) is 1. The minimum Gasteiger partial charge on any atom is -0.359 e. The predicted molar refractivity (Wildman–Crippen MR) is 94.6 cm³/mol. The summed E-state index contributed by atoms with van der Waals surface area (Å²) in [7, 11) is 1.57. The van der Waals surface area contributed by atoms with Gasteiger partial charge in [-0.05, 0) is 29.8 Å². The monoisotopic (exact) mass is 335 g/mol. The topological polar surface area (TPSA) is 65.4 Å². The number of nitrogens with zero attached hydrogens (tertiary/aromatic N) is 2. The van der Waals surface area contributed by atoms with Crippen molar-refractivity contribution in [2.24, 2.45) is 0 Å². The first kappa shape index (κ1) is 17.2. The molecule has 0 radical (unpaired) electrons. The molecule has 0 aliphatic carbocycles. The van der Waals surface area contributed by atoms with Crippen LogP contribution in [0, 0.1) is 11.3 Å². The number of carbonyl (C=O) groups excluding carboxylic acids is 1. The molecule has 1 aliphatic heterocycles. The van der Waals surface area contributed by atoms with E-state index >= 15 is 0 Å². The van der Waals surface area contributed by atoms with Crippen LogP contribution in [-0.2, 0) is 4.74 Å². The molecule has 2 aromatic carbocycles. The minimum atomic E-state index is -0.691. The number of nitriles is 1. The number of hydrogen-bond acceptors (Lipinski definition) is 4. The molecule has 25 heavy (non-hydrogen) atoms. The van der Waals surface area contributed by atoms with E-state index in [4.69, 9.17) is 4.74 Å². The molecule has 1 N–H and O–H groups in total. The lowest BCUT2D eigenvalue weighted by molar-refractivity contribution is -0.0604. The summed E-state index contributed by atoms with van der Waals surface area (Å²) in [5, 5.41) is 13.2. The van der Waals surface area contributed by atoms with Crippen LogP contribution in [0.15, 0.2) is 54.6 Å². The molecule has 0 bridgehead atoms. The summed E-state index contributed by atoms with van der Waals surface area (Å²) >= 11 is 0. The van der Waals surface area contributed by atoms with Crippen LogP contribution < -0.4 is 5.32 Å². The SMILES string of the molecule is CCN[C@@H]1c2ccccc2[C@@H](C#N)N(C(=O)c2ccccc2)[C@H]1OC. The highest BCUT2D eigenvalue weighted by molar-refractivity contribution is 5.95. The fourth-order valence-electron chi connectivity index (χ4n) is 3.43. The second-order valence-electron chi connectivity index (χ2n) is 5.90. The molecule has 1 heterocycles. The van der Waals surface area contributed by atoms with Gasteiger partial charge in [0, 0.05) is 12.7 Å². The molecule has 3 atom stereocenters. The molecule has 1 aliphatic rings. The van der Waals surface area contributed by atoms with Crippen molar-refractivity contribution in [1.29, 1.82) is 5.26 Å². The molecule has 0 saturated heterocycles. The van der Waals surface area contributed by atoms with Crippen LogP contribution in [0.3, 0.4) is 0 Å². The standard InChI is InChI=1S/C20H21N3O2/c1-3-22-18-16-12-8-7-11-15(16)17(13-21)23(20(18)25-2)19(24)14-9-5-4-6-10-14/h4-12,17-18,20,22H,3H2,1-2H3/t17-,18-,20+/m1/s1. The Hall–Kier alpha value is -2.68. The fraction of sp³-hybridized carbons (Fsp3) is 0.300. The van der Waals surface area contributed by atoms with E-state index < -0.39 is 12.3 Å². The van der Waals surface area contributed by atoms with Gasteiger partial charge in [0.25, 0.3) is 5.91 Å². The summed E-state index contributed by atoms with van der Waals surface area (Å²) in [6.45, 7) is 2.73. The van der Waals surface area contributed by atoms with E-state index in [1.165, 1.54) is 0 Å². The van der Waals surface area contributed by atoms with E-state index in [1.54, 1.807) is 24.1 Å². The predicted octanol–water partition coefficient (Wildman–Crippen LogP) is 3.03.